The highest BCUT2D eigenvalue weighted by atomic mass is 32.2. The molecular weight excluding hydrogens is 663 g/mol. The summed E-state index contributed by atoms with van der Waals surface area (Å²) in [6, 6.07) is 17.7. The van der Waals surface area contributed by atoms with Gasteiger partial charge in [-0.25, -0.2) is 4.79 Å². The third-order valence-corrected chi connectivity index (χ3v) is 10.0. The van der Waals surface area contributed by atoms with E-state index in [1.807, 2.05) is 51.1 Å². The van der Waals surface area contributed by atoms with E-state index in [4.69, 9.17) is 9.47 Å². The SMILES string of the molecule is CCOc1c2c(c(OCC)c3ccccc13)C(=O)N(c1ccc(CC3(NC(=O)N(OC(F)(F)F)S(=O)(=O)c4ccccc4)CC3)cc1C)C2. The van der Waals surface area contributed by atoms with Crippen LogP contribution in [0.1, 0.15) is 53.7 Å². The average Bonchev–Trinajstić information content (AvgIpc) is 3.73. The van der Waals surface area contributed by atoms with Crippen molar-refractivity contribution in [1.82, 2.24) is 9.79 Å². The molecule has 1 aliphatic heterocycles. The Morgan fingerprint density at radius 2 is 1.55 bits per heavy atom. The third kappa shape index (κ3) is 6.62. The Hall–Kier alpha value is -4.82. The van der Waals surface area contributed by atoms with Gasteiger partial charge in [-0.15, -0.1) is 13.2 Å². The highest BCUT2D eigenvalue weighted by Crippen LogP contribution is 2.47. The summed E-state index contributed by atoms with van der Waals surface area (Å²) in [4.78, 5) is 32.0. The summed E-state index contributed by atoms with van der Waals surface area (Å²) in [6.45, 7) is 6.59. The lowest BCUT2D eigenvalue weighted by Crippen LogP contribution is -2.51. The van der Waals surface area contributed by atoms with Crippen LogP contribution in [0, 0.1) is 6.92 Å². The number of amides is 3. The van der Waals surface area contributed by atoms with Crippen molar-refractivity contribution < 1.29 is 45.5 Å². The van der Waals surface area contributed by atoms with E-state index >= 15 is 0 Å². The third-order valence-electron chi connectivity index (χ3n) is 8.50. The van der Waals surface area contributed by atoms with E-state index in [-0.39, 0.29) is 18.9 Å². The van der Waals surface area contributed by atoms with E-state index in [0.717, 1.165) is 39.6 Å². The summed E-state index contributed by atoms with van der Waals surface area (Å²) in [5.41, 5.74) is 2.30. The van der Waals surface area contributed by atoms with Crippen molar-refractivity contribution in [3.05, 3.63) is 95.1 Å². The molecule has 49 heavy (non-hydrogen) atoms. The van der Waals surface area contributed by atoms with E-state index in [2.05, 4.69) is 10.2 Å². The van der Waals surface area contributed by atoms with Gasteiger partial charge < -0.3 is 19.7 Å². The second-order valence-electron chi connectivity index (χ2n) is 11.9. The molecule has 6 rings (SSSR count). The lowest BCUT2D eigenvalue weighted by molar-refractivity contribution is -0.377. The van der Waals surface area contributed by atoms with E-state index in [9.17, 15) is 31.2 Å². The van der Waals surface area contributed by atoms with Gasteiger partial charge >= 0.3 is 12.4 Å². The van der Waals surface area contributed by atoms with Crippen LogP contribution in [0.15, 0.2) is 77.7 Å². The van der Waals surface area contributed by atoms with Crippen LogP contribution in [0.5, 0.6) is 11.5 Å². The highest BCUT2D eigenvalue weighted by Gasteiger charge is 2.49. The molecule has 1 saturated carbocycles. The van der Waals surface area contributed by atoms with Crippen molar-refractivity contribution >= 4 is 38.4 Å². The van der Waals surface area contributed by atoms with Gasteiger partial charge in [-0.3, -0.25) is 4.79 Å². The smallest absolute Gasteiger partial charge is 0.493 e. The molecule has 0 unspecified atom stereocenters. The Bertz CT molecular complexity index is 2030. The summed E-state index contributed by atoms with van der Waals surface area (Å²) < 4.78 is 77.3. The number of fused-ring (bicyclic) bond motifs is 2. The van der Waals surface area contributed by atoms with Gasteiger partial charge in [0.1, 0.15) is 11.5 Å². The van der Waals surface area contributed by atoms with Crippen LogP contribution >= 0.6 is 0 Å². The lowest BCUT2D eigenvalue weighted by Gasteiger charge is -2.26. The normalized spacial score (nSPS) is 15.2. The number of alkyl halides is 3. The maximum atomic E-state index is 14.0. The number of nitrogens with one attached hydrogen (secondary N) is 1. The predicted molar refractivity (Wildman–Crippen MR) is 175 cm³/mol. The van der Waals surface area contributed by atoms with Crippen LogP contribution in [0.2, 0.25) is 0 Å². The zero-order chi connectivity index (χ0) is 35.1. The topological polar surface area (TPSA) is 114 Å². The number of carbonyl (C=O) groups is 2. The molecule has 0 bridgehead atoms. The summed E-state index contributed by atoms with van der Waals surface area (Å²) in [6.07, 6.45) is -4.44. The summed E-state index contributed by atoms with van der Waals surface area (Å²) in [5.74, 6) is 0.893. The molecule has 0 saturated heterocycles. The first-order valence-corrected chi connectivity index (χ1v) is 17.2. The van der Waals surface area contributed by atoms with E-state index in [1.54, 1.807) is 17.0 Å². The molecule has 3 amide bonds. The van der Waals surface area contributed by atoms with Gasteiger partial charge in [0.15, 0.2) is 0 Å². The zero-order valence-corrected chi connectivity index (χ0v) is 27.8. The molecule has 4 aromatic carbocycles. The Balaban J connectivity index is 1.25. The molecule has 14 heteroatoms. The molecule has 258 valence electrons. The number of benzene rings is 4. The van der Waals surface area contributed by atoms with Gasteiger partial charge in [-0.2, -0.15) is 13.3 Å². The van der Waals surface area contributed by atoms with Crippen molar-refractivity contribution in [2.75, 3.05) is 18.1 Å². The minimum absolute atomic E-state index is 0.202. The Kier molecular flexibility index (Phi) is 8.96. The number of hydroxylamine groups is 1. The fourth-order valence-corrected chi connectivity index (χ4v) is 7.38. The minimum atomic E-state index is -5.45. The van der Waals surface area contributed by atoms with Crippen molar-refractivity contribution in [3.63, 3.8) is 0 Å². The van der Waals surface area contributed by atoms with Crippen molar-refractivity contribution in [2.24, 2.45) is 0 Å². The molecule has 0 aromatic heterocycles. The second kappa shape index (κ2) is 12.9. The number of rotatable bonds is 11. The van der Waals surface area contributed by atoms with Gasteiger partial charge in [-0.05, 0) is 69.4 Å². The van der Waals surface area contributed by atoms with Crippen LogP contribution in [-0.2, 0) is 27.8 Å². The fraction of sp³-hybridized carbons (Fsp3) is 0.314. The lowest BCUT2D eigenvalue weighted by atomic mass is 9.99. The molecule has 1 heterocycles. The molecule has 10 nitrogen and oxygen atoms in total. The average molecular weight is 698 g/mol. The van der Waals surface area contributed by atoms with Gasteiger partial charge in [-0.1, -0.05) is 59.1 Å². The molecule has 0 spiro atoms. The largest absolute Gasteiger partial charge is 0.545 e. The number of sulfonamides is 1. The maximum Gasteiger partial charge on any atom is 0.545 e. The van der Waals surface area contributed by atoms with Crippen LogP contribution in [-0.4, -0.2) is 49.9 Å². The van der Waals surface area contributed by atoms with Gasteiger partial charge in [0, 0.05) is 27.6 Å². The second-order valence-corrected chi connectivity index (χ2v) is 13.7. The maximum absolute atomic E-state index is 14.0. The number of nitrogens with zero attached hydrogens (tertiary/aromatic N) is 2. The van der Waals surface area contributed by atoms with E-state index in [0.29, 0.717) is 48.8 Å². The number of hydrogen-bond acceptors (Lipinski definition) is 7. The van der Waals surface area contributed by atoms with Crippen LogP contribution < -0.4 is 19.7 Å². The van der Waals surface area contributed by atoms with Crippen LogP contribution in [0.25, 0.3) is 10.8 Å². The molecular formula is C35H34F3N3O7S. The number of ether oxygens (including phenoxy) is 2. The number of anilines is 1. The monoisotopic (exact) mass is 697 g/mol. The molecule has 4 aromatic rings. The predicted octanol–water partition coefficient (Wildman–Crippen LogP) is 7.03. The van der Waals surface area contributed by atoms with Crippen LogP contribution in [0.3, 0.4) is 0 Å². The summed E-state index contributed by atoms with van der Waals surface area (Å²) in [7, 11) is -5.00. The first-order chi connectivity index (χ1) is 23.3. The molecule has 1 fully saturated rings. The van der Waals surface area contributed by atoms with Crippen molar-refractivity contribution in [1.29, 1.82) is 0 Å². The summed E-state index contributed by atoms with van der Waals surface area (Å²) >= 11 is 0. The standard InChI is InChI=1S/C35H34F3N3O7S/c1-4-46-30-25-13-9-10-14-26(25)31(47-5-2)29-27(30)21-40(32(29)42)28-16-15-23(19-22(28)3)20-34(17-18-34)39-33(43)41(48-35(36,37)38)49(44,45)24-11-7-6-8-12-24/h6-16,19H,4-5,17-18,20-21H2,1-3H3,(H,39,43). The number of urea groups is 1. The molecule has 1 N–H and O–H groups in total. The van der Waals surface area contributed by atoms with Gasteiger partial charge in [0.25, 0.3) is 15.9 Å². The Morgan fingerprint density at radius 3 is 2.14 bits per heavy atom. The number of aryl methyl sites for hydroxylation is 1. The first kappa shape index (κ1) is 34.1. The van der Waals surface area contributed by atoms with Crippen molar-refractivity contribution in [3.8, 4) is 11.5 Å². The highest BCUT2D eigenvalue weighted by molar-refractivity contribution is 7.89. The van der Waals surface area contributed by atoms with Gasteiger partial charge in [0.2, 0.25) is 0 Å². The quantitative estimate of drug-likeness (QED) is 0.167. The molecule has 0 atom stereocenters. The molecule has 0 radical (unpaired) electrons. The molecule has 2 aliphatic rings. The van der Waals surface area contributed by atoms with E-state index in [1.165, 1.54) is 18.2 Å². The van der Waals surface area contributed by atoms with Gasteiger partial charge in [0.05, 0.1) is 30.2 Å². The minimum Gasteiger partial charge on any atom is -0.493 e. The first-order valence-electron chi connectivity index (χ1n) is 15.7. The number of halogens is 3. The van der Waals surface area contributed by atoms with Crippen LogP contribution in [0.4, 0.5) is 23.7 Å². The zero-order valence-electron chi connectivity index (χ0n) is 27.0. The number of hydrogen-bond donors (Lipinski definition) is 1. The summed E-state index contributed by atoms with van der Waals surface area (Å²) in [5, 5.41) is 4.09. The number of carbonyl (C=O) groups excluding carboxylic acids is 2. The fourth-order valence-electron chi connectivity index (χ4n) is 6.24. The Labute approximate surface area is 281 Å². The molecule has 1 aliphatic carbocycles. The van der Waals surface area contributed by atoms with Crippen molar-refractivity contribution in [2.45, 2.75) is 63.4 Å². The Morgan fingerprint density at radius 1 is 0.939 bits per heavy atom. The van der Waals surface area contributed by atoms with E-state index < -0.39 is 37.3 Å².